The van der Waals surface area contributed by atoms with Crippen molar-refractivity contribution in [2.24, 2.45) is 11.7 Å². The van der Waals surface area contributed by atoms with Crippen molar-refractivity contribution in [3.8, 4) is 5.75 Å². The van der Waals surface area contributed by atoms with Gasteiger partial charge in [0.05, 0.1) is 23.8 Å². The lowest BCUT2D eigenvalue weighted by atomic mass is 10.0. The highest BCUT2D eigenvalue weighted by atomic mass is 35.5. The number of methoxy groups -OCH3 is 1. The standard InChI is InChI=1S/C15H21F3N2O3.ClH/c1-9(10(2)19)14(21)20-12-8-11(15(16,17)18)4-5-13(12)23-7-6-22-3;/h4-5,8-10H,6-7,19H2,1-3H3,(H,20,21);1H. The van der Waals surface area contributed by atoms with Crippen molar-refractivity contribution in [3.63, 3.8) is 0 Å². The third-order valence-electron chi connectivity index (χ3n) is 3.31. The van der Waals surface area contributed by atoms with Crippen molar-refractivity contribution in [2.75, 3.05) is 25.6 Å². The number of nitrogens with one attached hydrogen (secondary N) is 1. The van der Waals surface area contributed by atoms with E-state index in [9.17, 15) is 18.0 Å². The summed E-state index contributed by atoms with van der Waals surface area (Å²) in [4.78, 5) is 12.0. The molecule has 0 radical (unpaired) electrons. The molecule has 138 valence electrons. The van der Waals surface area contributed by atoms with Crippen LogP contribution in [0.25, 0.3) is 0 Å². The van der Waals surface area contributed by atoms with Crippen LogP contribution in [0.5, 0.6) is 5.75 Å². The number of carbonyl (C=O) groups is 1. The average molecular weight is 371 g/mol. The summed E-state index contributed by atoms with van der Waals surface area (Å²) in [6, 6.07) is 2.48. The second-order valence-corrected chi connectivity index (χ2v) is 5.19. The Morgan fingerprint density at radius 3 is 2.42 bits per heavy atom. The minimum absolute atomic E-state index is 0. The number of benzene rings is 1. The van der Waals surface area contributed by atoms with E-state index in [1.807, 2.05) is 0 Å². The molecule has 24 heavy (non-hydrogen) atoms. The summed E-state index contributed by atoms with van der Waals surface area (Å²) >= 11 is 0. The number of nitrogens with two attached hydrogens (primary N) is 1. The number of amides is 1. The SMILES string of the molecule is COCCOc1ccc(C(F)(F)F)cc1NC(=O)C(C)C(C)N.Cl. The van der Waals surface area contributed by atoms with E-state index < -0.39 is 29.6 Å². The Hall–Kier alpha value is -1.51. The number of rotatable bonds is 7. The van der Waals surface area contributed by atoms with Gasteiger partial charge in [0.15, 0.2) is 0 Å². The number of hydrogen-bond acceptors (Lipinski definition) is 4. The molecule has 0 aliphatic carbocycles. The second kappa shape index (κ2) is 9.71. The lowest BCUT2D eigenvalue weighted by Gasteiger charge is -2.19. The van der Waals surface area contributed by atoms with Crippen molar-refractivity contribution in [3.05, 3.63) is 23.8 Å². The minimum atomic E-state index is -4.52. The van der Waals surface area contributed by atoms with Gasteiger partial charge in [-0.15, -0.1) is 12.4 Å². The first kappa shape index (κ1) is 22.5. The maximum Gasteiger partial charge on any atom is 0.416 e. The lowest BCUT2D eigenvalue weighted by Crippen LogP contribution is -2.34. The van der Waals surface area contributed by atoms with Gasteiger partial charge in [-0.05, 0) is 25.1 Å². The first-order chi connectivity index (χ1) is 10.7. The van der Waals surface area contributed by atoms with Crippen molar-refractivity contribution < 1.29 is 27.4 Å². The van der Waals surface area contributed by atoms with Gasteiger partial charge in [-0.3, -0.25) is 4.79 Å². The first-order valence-corrected chi connectivity index (χ1v) is 7.06. The van der Waals surface area contributed by atoms with Crippen molar-refractivity contribution in [1.29, 1.82) is 0 Å². The van der Waals surface area contributed by atoms with Gasteiger partial charge >= 0.3 is 6.18 Å². The van der Waals surface area contributed by atoms with E-state index in [1.165, 1.54) is 13.2 Å². The molecule has 0 saturated carbocycles. The molecule has 1 amide bonds. The molecule has 0 spiro atoms. The van der Waals surface area contributed by atoms with Crippen LogP contribution >= 0.6 is 12.4 Å². The van der Waals surface area contributed by atoms with Gasteiger partial charge in [0, 0.05) is 13.2 Å². The molecule has 1 aromatic rings. The van der Waals surface area contributed by atoms with Gasteiger partial charge in [0.1, 0.15) is 12.4 Å². The first-order valence-electron chi connectivity index (χ1n) is 7.06. The van der Waals surface area contributed by atoms with Crippen LogP contribution in [-0.2, 0) is 15.7 Å². The Morgan fingerprint density at radius 2 is 1.92 bits per heavy atom. The second-order valence-electron chi connectivity index (χ2n) is 5.19. The molecule has 1 aromatic carbocycles. The summed E-state index contributed by atoms with van der Waals surface area (Å²) in [7, 11) is 1.48. The maximum absolute atomic E-state index is 12.8. The lowest BCUT2D eigenvalue weighted by molar-refractivity contribution is -0.137. The zero-order chi connectivity index (χ0) is 17.6. The fraction of sp³-hybridized carbons (Fsp3) is 0.533. The highest BCUT2D eigenvalue weighted by molar-refractivity contribution is 5.94. The highest BCUT2D eigenvalue weighted by Crippen LogP contribution is 2.35. The Kier molecular flexibility index (Phi) is 9.09. The van der Waals surface area contributed by atoms with Crippen LogP contribution in [0.4, 0.5) is 18.9 Å². The molecular weight excluding hydrogens is 349 g/mol. The van der Waals surface area contributed by atoms with E-state index in [-0.39, 0.29) is 37.1 Å². The van der Waals surface area contributed by atoms with Gasteiger partial charge in [-0.2, -0.15) is 13.2 Å². The van der Waals surface area contributed by atoms with Crippen LogP contribution in [-0.4, -0.2) is 32.3 Å². The Bertz CT molecular complexity index is 539. The van der Waals surface area contributed by atoms with E-state index in [0.717, 1.165) is 12.1 Å². The van der Waals surface area contributed by atoms with E-state index in [0.29, 0.717) is 0 Å². The summed E-state index contributed by atoms with van der Waals surface area (Å²) in [6.07, 6.45) is -4.52. The molecule has 0 saturated heterocycles. The summed E-state index contributed by atoms with van der Waals surface area (Å²) in [5.41, 5.74) is 4.71. The third kappa shape index (κ3) is 6.54. The zero-order valence-electron chi connectivity index (χ0n) is 13.6. The predicted molar refractivity (Wildman–Crippen MR) is 87.5 cm³/mol. The number of halogens is 4. The molecule has 0 aliphatic heterocycles. The summed E-state index contributed by atoms with van der Waals surface area (Å²) < 4.78 is 48.7. The Morgan fingerprint density at radius 1 is 1.29 bits per heavy atom. The highest BCUT2D eigenvalue weighted by Gasteiger charge is 2.31. The van der Waals surface area contributed by atoms with Crippen LogP contribution in [0, 0.1) is 5.92 Å². The summed E-state index contributed by atoms with van der Waals surface area (Å²) in [5.74, 6) is -0.896. The fourth-order valence-electron chi connectivity index (χ4n) is 1.65. The Balaban J connectivity index is 0.00000529. The molecule has 0 heterocycles. The molecular formula is C15H22ClF3N2O3. The number of ether oxygens (including phenoxy) is 2. The molecule has 0 aromatic heterocycles. The number of carbonyl (C=O) groups excluding carboxylic acids is 1. The molecule has 9 heteroatoms. The van der Waals surface area contributed by atoms with Crippen molar-refractivity contribution in [2.45, 2.75) is 26.1 Å². The van der Waals surface area contributed by atoms with E-state index >= 15 is 0 Å². The van der Waals surface area contributed by atoms with Crippen LogP contribution in [0.2, 0.25) is 0 Å². The molecule has 2 atom stereocenters. The number of anilines is 1. The number of hydrogen-bond donors (Lipinski definition) is 2. The monoisotopic (exact) mass is 370 g/mol. The molecule has 0 bridgehead atoms. The van der Waals surface area contributed by atoms with Gasteiger partial charge in [-0.25, -0.2) is 0 Å². The predicted octanol–water partition coefficient (Wildman–Crippen LogP) is 3.07. The smallest absolute Gasteiger partial charge is 0.416 e. The summed E-state index contributed by atoms with van der Waals surface area (Å²) in [5, 5.41) is 2.45. The molecule has 1 rings (SSSR count). The zero-order valence-corrected chi connectivity index (χ0v) is 14.5. The Labute approximate surface area is 145 Å². The number of alkyl halides is 3. The van der Waals surface area contributed by atoms with Crippen LogP contribution in [0.15, 0.2) is 18.2 Å². The van der Waals surface area contributed by atoms with Crippen LogP contribution in [0.3, 0.4) is 0 Å². The van der Waals surface area contributed by atoms with Gasteiger partial charge < -0.3 is 20.5 Å². The van der Waals surface area contributed by atoms with Gasteiger partial charge in [0.25, 0.3) is 0 Å². The van der Waals surface area contributed by atoms with Crippen LogP contribution in [0.1, 0.15) is 19.4 Å². The molecule has 2 unspecified atom stereocenters. The third-order valence-corrected chi connectivity index (χ3v) is 3.31. The normalized spacial score (nSPS) is 13.6. The van der Waals surface area contributed by atoms with E-state index in [4.69, 9.17) is 15.2 Å². The van der Waals surface area contributed by atoms with Gasteiger partial charge in [0.2, 0.25) is 5.91 Å². The van der Waals surface area contributed by atoms with Crippen molar-refractivity contribution in [1.82, 2.24) is 0 Å². The van der Waals surface area contributed by atoms with Crippen molar-refractivity contribution >= 4 is 24.0 Å². The van der Waals surface area contributed by atoms with E-state index in [1.54, 1.807) is 13.8 Å². The fourth-order valence-corrected chi connectivity index (χ4v) is 1.65. The summed E-state index contributed by atoms with van der Waals surface area (Å²) in [6.45, 7) is 3.66. The average Bonchev–Trinajstić information content (AvgIpc) is 2.46. The quantitative estimate of drug-likeness (QED) is 0.723. The molecule has 0 aliphatic rings. The molecule has 3 N–H and O–H groups in total. The van der Waals surface area contributed by atoms with Crippen LogP contribution < -0.4 is 15.8 Å². The molecule has 5 nitrogen and oxygen atoms in total. The maximum atomic E-state index is 12.8. The van der Waals surface area contributed by atoms with E-state index in [2.05, 4.69) is 5.32 Å². The van der Waals surface area contributed by atoms with Gasteiger partial charge in [-0.1, -0.05) is 6.92 Å². The largest absolute Gasteiger partial charge is 0.489 e. The minimum Gasteiger partial charge on any atom is -0.489 e. The topological polar surface area (TPSA) is 73.6 Å². The molecule has 0 fully saturated rings.